The molecule has 0 aliphatic heterocycles. The topological polar surface area (TPSA) is 92.7 Å². The van der Waals surface area contributed by atoms with Gasteiger partial charge < -0.3 is 15.2 Å². The Morgan fingerprint density at radius 3 is 2.43 bits per heavy atom. The average Bonchev–Trinajstić information content (AvgIpc) is 2.50. The summed E-state index contributed by atoms with van der Waals surface area (Å²) in [5, 5.41) is 11.6. The van der Waals surface area contributed by atoms with Crippen LogP contribution in [-0.2, 0) is 9.53 Å². The maximum atomic E-state index is 11.8. The number of ether oxygens (including phenoxy) is 1. The molecule has 0 aromatic heterocycles. The molecular weight excluding hydrogens is 274 g/mol. The number of carboxylic acids is 1. The molecule has 0 fully saturated rings. The van der Waals surface area contributed by atoms with Crippen molar-refractivity contribution in [2.24, 2.45) is 5.92 Å². The summed E-state index contributed by atoms with van der Waals surface area (Å²) in [6, 6.07) is 5.83. The van der Waals surface area contributed by atoms with Crippen molar-refractivity contribution in [2.75, 3.05) is 13.2 Å². The van der Waals surface area contributed by atoms with Crippen molar-refractivity contribution < 1.29 is 24.2 Å². The van der Waals surface area contributed by atoms with Gasteiger partial charge in [0.2, 0.25) is 5.91 Å². The van der Waals surface area contributed by atoms with Gasteiger partial charge in [0.05, 0.1) is 17.7 Å². The number of amides is 1. The molecule has 1 rings (SSSR count). The molecule has 1 aromatic rings. The van der Waals surface area contributed by atoms with E-state index < -0.39 is 11.9 Å². The molecule has 0 aliphatic carbocycles. The molecule has 0 heterocycles. The Kier molecular flexibility index (Phi) is 6.39. The predicted molar refractivity (Wildman–Crippen MR) is 76.1 cm³/mol. The third-order valence-corrected chi connectivity index (χ3v) is 3.07. The summed E-state index contributed by atoms with van der Waals surface area (Å²) in [6.07, 6.45) is 0.734. The van der Waals surface area contributed by atoms with E-state index in [1.54, 1.807) is 6.07 Å². The van der Waals surface area contributed by atoms with Gasteiger partial charge in [0, 0.05) is 5.92 Å². The molecule has 1 amide bonds. The molecule has 0 bridgehead atoms. The largest absolute Gasteiger partial charge is 0.478 e. The molecule has 0 saturated heterocycles. The monoisotopic (exact) mass is 293 g/mol. The van der Waals surface area contributed by atoms with Crippen LogP contribution < -0.4 is 5.32 Å². The molecule has 1 aromatic carbocycles. The first kappa shape index (κ1) is 16.7. The molecule has 1 atom stereocenters. The van der Waals surface area contributed by atoms with E-state index in [9.17, 15) is 14.4 Å². The zero-order chi connectivity index (χ0) is 15.8. The molecule has 0 saturated carbocycles. The van der Waals surface area contributed by atoms with Crippen LogP contribution in [0.25, 0.3) is 0 Å². The van der Waals surface area contributed by atoms with Gasteiger partial charge in [-0.3, -0.25) is 4.79 Å². The Hall–Kier alpha value is -2.37. The first-order valence-electron chi connectivity index (χ1n) is 6.74. The minimum atomic E-state index is -1.19. The third kappa shape index (κ3) is 4.91. The van der Waals surface area contributed by atoms with Crippen molar-refractivity contribution in [3.8, 4) is 0 Å². The number of aromatic carboxylic acids is 1. The smallest absolute Gasteiger partial charge is 0.339 e. The maximum Gasteiger partial charge on any atom is 0.339 e. The van der Waals surface area contributed by atoms with Crippen molar-refractivity contribution in [3.63, 3.8) is 0 Å². The van der Waals surface area contributed by atoms with Crippen LogP contribution in [0.3, 0.4) is 0 Å². The molecule has 0 radical (unpaired) electrons. The molecule has 0 spiro atoms. The van der Waals surface area contributed by atoms with E-state index in [4.69, 9.17) is 9.84 Å². The molecule has 6 heteroatoms. The van der Waals surface area contributed by atoms with Crippen LogP contribution in [0.15, 0.2) is 24.3 Å². The number of carbonyl (C=O) groups is 3. The average molecular weight is 293 g/mol. The van der Waals surface area contributed by atoms with Crippen molar-refractivity contribution in [1.82, 2.24) is 5.32 Å². The summed E-state index contributed by atoms with van der Waals surface area (Å²) in [5.41, 5.74) is -0.107. The molecule has 114 valence electrons. The highest BCUT2D eigenvalue weighted by Crippen LogP contribution is 2.10. The van der Waals surface area contributed by atoms with Gasteiger partial charge in [0.25, 0.3) is 0 Å². The summed E-state index contributed by atoms with van der Waals surface area (Å²) in [4.78, 5) is 34.3. The third-order valence-electron chi connectivity index (χ3n) is 3.07. The molecule has 0 aliphatic rings. The Morgan fingerprint density at radius 1 is 1.24 bits per heavy atom. The molecule has 21 heavy (non-hydrogen) atoms. The standard InChI is InChI=1S/C15H19NO5/c1-3-10(2)13(17)16-8-9-21-15(20)12-7-5-4-6-11(12)14(18)19/h4-7,10H,3,8-9H2,1-2H3,(H,16,17)(H,18,19). The zero-order valence-electron chi connectivity index (χ0n) is 12.1. The molecular formula is C15H19NO5. The number of benzene rings is 1. The van der Waals surface area contributed by atoms with Crippen LogP contribution in [0.2, 0.25) is 0 Å². The van der Waals surface area contributed by atoms with Gasteiger partial charge in [-0.05, 0) is 18.6 Å². The fourth-order valence-electron chi connectivity index (χ4n) is 1.60. The van der Waals surface area contributed by atoms with Crippen LogP contribution in [-0.4, -0.2) is 36.1 Å². The second-order valence-corrected chi connectivity index (χ2v) is 4.59. The predicted octanol–water partition coefficient (Wildman–Crippen LogP) is 1.70. The van der Waals surface area contributed by atoms with Gasteiger partial charge in [-0.25, -0.2) is 9.59 Å². The van der Waals surface area contributed by atoms with Crippen LogP contribution in [0.4, 0.5) is 0 Å². The normalized spacial score (nSPS) is 11.5. The van der Waals surface area contributed by atoms with Gasteiger partial charge >= 0.3 is 11.9 Å². The van der Waals surface area contributed by atoms with Crippen LogP contribution in [0, 0.1) is 5.92 Å². The van der Waals surface area contributed by atoms with Crippen molar-refractivity contribution >= 4 is 17.8 Å². The van der Waals surface area contributed by atoms with Crippen LogP contribution in [0.1, 0.15) is 41.0 Å². The highest BCUT2D eigenvalue weighted by Gasteiger charge is 2.17. The van der Waals surface area contributed by atoms with Crippen molar-refractivity contribution in [1.29, 1.82) is 0 Å². The number of carboxylic acid groups (broad SMARTS) is 1. The lowest BCUT2D eigenvalue weighted by Gasteiger charge is -2.10. The van der Waals surface area contributed by atoms with E-state index in [1.807, 2.05) is 13.8 Å². The lowest BCUT2D eigenvalue weighted by molar-refractivity contribution is -0.124. The van der Waals surface area contributed by atoms with E-state index in [0.717, 1.165) is 6.42 Å². The highest BCUT2D eigenvalue weighted by atomic mass is 16.5. The van der Waals surface area contributed by atoms with Gasteiger partial charge in [-0.2, -0.15) is 0 Å². The Labute approximate surface area is 123 Å². The number of rotatable bonds is 7. The quantitative estimate of drug-likeness (QED) is 0.589. The molecule has 1 unspecified atom stereocenters. The Morgan fingerprint density at radius 2 is 1.86 bits per heavy atom. The summed E-state index contributed by atoms with van der Waals surface area (Å²) in [5.74, 6) is -2.09. The lowest BCUT2D eigenvalue weighted by atomic mass is 10.1. The Bertz CT molecular complexity index is 527. The minimum Gasteiger partial charge on any atom is -0.478 e. The Balaban J connectivity index is 2.48. The van der Waals surface area contributed by atoms with Gasteiger partial charge in [-0.1, -0.05) is 26.0 Å². The van der Waals surface area contributed by atoms with E-state index in [1.165, 1.54) is 18.2 Å². The van der Waals surface area contributed by atoms with E-state index in [2.05, 4.69) is 5.32 Å². The van der Waals surface area contributed by atoms with Gasteiger partial charge in [-0.15, -0.1) is 0 Å². The zero-order valence-corrected chi connectivity index (χ0v) is 12.1. The number of hydrogen-bond donors (Lipinski definition) is 2. The lowest BCUT2D eigenvalue weighted by Crippen LogP contribution is -2.32. The summed E-state index contributed by atoms with van der Waals surface area (Å²) in [7, 11) is 0. The van der Waals surface area contributed by atoms with E-state index in [-0.39, 0.29) is 36.1 Å². The fourth-order valence-corrected chi connectivity index (χ4v) is 1.60. The summed E-state index contributed by atoms with van der Waals surface area (Å²) in [6.45, 7) is 3.91. The first-order chi connectivity index (χ1) is 9.97. The van der Waals surface area contributed by atoms with Crippen LogP contribution >= 0.6 is 0 Å². The molecule has 6 nitrogen and oxygen atoms in total. The first-order valence-corrected chi connectivity index (χ1v) is 6.74. The number of esters is 1. The summed E-state index contributed by atoms with van der Waals surface area (Å²) < 4.78 is 4.97. The second kappa shape index (κ2) is 8.04. The molecule has 2 N–H and O–H groups in total. The number of carbonyl (C=O) groups excluding carboxylic acids is 2. The maximum absolute atomic E-state index is 11.8. The highest BCUT2D eigenvalue weighted by molar-refractivity contribution is 6.02. The number of nitrogens with one attached hydrogen (secondary N) is 1. The summed E-state index contributed by atoms with van der Waals surface area (Å²) >= 11 is 0. The van der Waals surface area contributed by atoms with E-state index in [0.29, 0.717) is 0 Å². The van der Waals surface area contributed by atoms with Crippen molar-refractivity contribution in [3.05, 3.63) is 35.4 Å². The van der Waals surface area contributed by atoms with Gasteiger partial charge in [0.1, 0.15) is 6.61 Å². The van der Waals surface area contributed by atoms with Crippen molar-refractivity contribution in [2.45, 2.75) is 20.3 Å². The fraction of sp³-hybridized carbons (Fsp3) is 0.400. The number of hydrogen-bond acceptors (Lipinski definition) is 4. The minimum absolute atomic E-state index is 0.00162. The SMILES string of the molecule is CCC(C)C(=O)NCCOC(=O)c1ccccc1C(=O)O. The van der Waals surface area contributed by atoms with Gasteiger partial charge in [0.15, 0.2) is 0 Å². The van der Waals surface area contributed by atoms with E-state index >= 15 is 0 Å². The van der Waals surface area contributed by atoms with Crippen LogP contribution in [0.5, 0.6) is 0 Å². The second-order valence-electron chi connectivity index (χ2n) is 4.59.